The van der Waals surface area contributed by atoms with Crippen LogP contribution in [0.1, 0.15) is 27.3 Å². The fourth-order valence-electron chi connectivity index (χ4n) is 3.84. The van der Waals surface area contributed by atoms with E-state index in [2.05, 4.69) is 4.98 Å². The number of ketones is 1. The predicted octanol–water partition coefficient (Wildman–Crippen LogP) is 5.63. The van der Waals surface area contributed by atoms with Crippen LogP contribution in [0.3, 0.4) is 0 Å². The highest BCUT2D eigenvalue weighted by molar-refractivity contribution is 6.13. The number of aromatic nitrogens is 2. The van der Waals surface area contributed by atoms with Crippen LogP contribution in [0, 0.1) is 0 Å². The van der Waals surface area contributed by atoms with Crippen LogP contribution in [0.5, 0.6) is 0 Å². The van der Waals surface area contributed by atoms with Crippen LogP contribution in [0.25, 0.3) is 27.7 Å². The first-order chi connectivity index (χ1) is 15.4. The number of alkyl halides is 6. The van der Waals surface area contributed by atoms with Crippen LogP contribution in [0.15, 0.2) is 65.5 Å². The van der Waals surface area contributed by atoms with E-state index in [-0.39, 0.29) is 39.5 Å². The Kier molecular flexibility index (Phi) is 4.29. The highest BCUT2D eigenvalue weighted by Gasteiger charge is 2.37. The molecule has 1 aliphatic heterocycles. The van der Waals surface area contributed by atoms with Crippen molar-refractivity contribution in [3.05, 3.63) is 93.5 Å². The number of halogens is 6. The number of hydrogen-bond acceptors (Lipinski definition) is 3. The maximum atomic E-state index is 13.2. The van der Waals surface area contributed by atoms with Crippen molar-refractivity contribution in [2.75, 3.05) is 0 Å². The van der Waals surface area contributed by atoms with Gasteiger partial charge in [0.1, 0.15) is 0 Å². The van der Waals surface area contributed by atoms with Crippen molar-refractivity contribution in [3.63, 3.8) is 0 Å². The number of carbonyl (C=O) groups is 1. The number of hydrogen-bond donors (Lipinski definition) is 0. The van der Waals surface area contributed by atoms with Crippen molar-refractivity contribution in [2.24, 2.45) is 0 Å². The van der Waals surface area contributed by atoms with E-state index in [0.29, 0.717) is 17.8 Å². The van der Waals surface area contributed by atoms with Crippen LogP contribution in [0.2, 0.25) is 0 Å². The third-order valence-electron chi connectivity index (χ3n) is 5.38. The predicted molar refractivity (Wildman–Crippen MR) is 106 cm³/mol. The standard InChI is InChI=1S/C23H10F6N2O2/c24-22(25,26)13-7-12(8-14(10-13)23(27,28)29)11-5-6-17-16(9-11)21(33)31-18-4-2-1-3-15(18)19(32)20(31)30-17/h1-10H. The van der Waals surface area contributed by atoms with Gasteiger partial charge in [-0.05, 0) is 53.6 Å². The third-order valence-corrected chi connectivity index (χ3v) is 5.38. The first-order valence-electron chi connectivity index (χ1n) is 9.46. The zero-order chi connectivity index (χ0) is 23.7. The zero-order valence-corrected chi connectivity index (χ0v) is 16.3. The first kappa shape index (κ1) is 20.9. The SMILES string of the molecule is O=C1c2ccccc2-n2c1nc1ccc(-c3cc(C(F)(F)F)cc(C(F)(F)F)c3)cc1c2=O. The van der Waals surface area contributed by atoms with Crippen molar-refractivity contribution in [1.29, 1.82) is 0 Å². The molecule has 4 nitrogen and oxygen atoms in total. The molecular weight excluding hydrogens is 450 g/mol. The molecule has 0 aliphatic carbocycles. The molecule has 166 valence electrons. The van der Waals surface area contributed by atoms with Crippen molar-refractivity contribution < 1.29 is 31.1 Å². The number of fused-ring (bicyclic) bond motifs is 4. The summed E-state index contributed by atoms with van der Waals surface area (Å²) >= 11 is 0. The number of carbonyl (C=O) groups excluding carboxylic acids is 1. The van der Waals surface area contributed by atoms with E-state index < -0.39 is 34.8 Å². The highest BCUT2D eigenvalue weighted by atomic mass is 19.4. The van der Waals surface area contributed by atoms with E-state index in [9.17, 15) is 35.9 Å². The van der Waals surface area contributed by atoms with Gasteiger partial charge in [0.05, 0.1) is 33.3 Å². The van der Waals surface area contributed by atoms with Gasteiger partial charge in [-0.1, -0.05) is 18.2 Å². The second-order valence-corrected chi connectivity index (χ2v) is 7.45. The van der Waals surface area contributed by atoms with Gasteiger partial charge in [0.25, 0.3) is 5.56 Å². The Morgan fingerprint density at radius 2 is 1.36 bits per heavy atom. The lowest BCUT2D eigenvalue weighted by Crippen LogP contribution is -2.21. The van der Waals surface area contributed by atoms with Crippen LogP contribution >= 0.6 is 0 Å². The number of nitrogens with zero attached hydrogens (tertiary/aromatic N) is 2. The molecular formula is C23H10F6N2O2. The van der Waals surface area contributed by atoms with Crippen molar-refractivity contribution in [3.8, 4) is 16.8 Å². The lowest BCUT2D eigenvalue weighted by atomic mass is 9.98. The summed E-state index contributed by atoms with van der Waals surface area (Å²) in [4.78, 5) is 30.0. The Hall–Kier alpha value is -3.95. The maximum Gasteiger partial charge on any atom is 0.416 e. The minimum atomic E-state index is -5.00. The number of para-hydroxylation sites is 1. The Balaban J connectivity index is 1.75. The van der Waals surface area contributed by atoms with Gasteiger partial charge in [0.15, 0.2) is 5.82 Å². The molecule has 0 saturated carbocycles. The molecule has 0 radical (unpaired) electrons. The molecule has 0 saturated heterocycles. The van der Waals surface area contributed by atoms with Crippen LogP contribution in [0.4, 0.5) is 26.3 Å². The van der Waals surface area contributed by atoms with Crippen LogP contribution in [-0.4, -0.2) is 15.3 Å². The summed E-state index contributed by atoms with van der Waals surface area (Å²) in [7, 11) is 0. The molecule has 0 bridgehead atoms. The Morgan fingerprint density at radius 3 is 2.00 bits per heavy atom. The third kappa shape index (κ3) is 3.29. The molecule has 1 aliphatic rings. The summed E-state index contributed by atoms with van der Waals surface area (Å²) in [6.07, 6.45) is -10.0. The van der Waals surface area contributed by atoms with Gasteiger partial charge in [-0.15, -0.1) is 0 Å². The van der Waals surface area contributed by atoms with Gasteiger partial charge < -0.3 is 0 Å². The summed E-state index contributed by atoms with van der Waals surface area (Å²) < 4.78 is 80.5. The molecule has 0 N–H and O–H groups in total. The van der Waals surface area contributed by atoms with Gasteiger partial charge in [-0.25, -0.2) is 4.98 Å². The van der Waals surface area contributed by atoms with Crippen molar-refractivity contribution >= 4 is 16.7 Å². The topological polar surface area (TPSA) is 52.0 Å². The summed E-state index contributed by atoms with van der Waals surface area (Å²) in [5.74, 6) is -0.568. The van der Waals surface area contributed by atoms with Crippen molar-refractivity contribution in [2.45, 2.75) is 12.4 Å². The van der Waals surface area contributed by atoms with E-state index in [1.807, 2.05) is 0 Å². The highest BCUT2D eigenvalue weighted by Crippen LogP contribution is 2.39. The van der Waals surface area contributed by atoms with Crippen LogP contribution in [-0.2, 0) is 12.4 Å². The minimum Gasteiger partial charge on any atom is -0.285 e. The molecule has 0 fully saturated rings. The van der Waals surface area contributed by atoms with Crippen molar-refractivity contribution in [1.82, 2.24) is 9.55 Å². The fraction of sp³-hybridized carbons (Fsp3) is 0.0870. The maximum absolute atomic E-state index is 13.2. The smallest absolute Gasteiger partial charge is 0.285 e. The lowest BCUT2D eigenvalue weighted by Gasteiger charge is -2.14. The molecule has 0 spiro atoms. The van der Waals surface area contributed by atoms with Gasteiger partial charge in [-0.3, -0.25) is 14.2 Å². The van der Waals surface area contributed by atoms with Crippen LogP contribution < -0.4 is 5.56 Å². The van der Waals surface area contributed by atoms with Gasteiger partial charge in [0.2, 0.25) is 5.78 Å². The average Bonchev–Trinajstić information content (AvgIpc) is 3.04. The average molecular weight is 460 g/mol. The van der Waals surface area contributed by atoms with E-state index in [0.717, 1.165) is 4.57 Å². The number of rotatable bonds is 1. The van der Waals surface area contributed by atoms with E-state index in [1.165, 1.54) is 24.3 Å². The Morgan fingerprint density at radius 1 is 0.727 bits per heavy atom. The molecule has 0 amide bonds. The summed E-state index contributed by atoms with van der Waals surface area (Å²) in [5, 5.41) is -0.0493. The van der Waals surface area contributed by atoms with Gasteiger partial charge in [0, 0.05) is 0 Å². The monoisotopic (exact) mass is 460 g/mol. The molecule has 3 aromatic carbocycles. The molecule has 10 heteroatoms. The molecule has 5 rings (SSSR count). The van der Waals surface area contributed by atoms with E-state index in [4.69, 9.17) is 0 Å². The lowest BCUT2D eigenvalue weighted by molar-refractivity contribution is -0.143. The largest absolute Gasteiger partial charge is 0.416 e. The zero-order valence-electron chi connectivity index (χ0n) is 16.3. The molecule has 33 heavy (non-hydrogen) atoms. The quantitative estimate of drug-likeness (QED) is 0.305. The summed E-state index contributed by atoms with van der Waals surface area (Å²) in [6.45, 7) is 0. The van der Waals surface area contributed by atoms with E-state index >= 15 is 0 Å². The second-order valence-electron chi connectivity index (χ2n) is 7.45. The molecule has 0 unspecified atom stereocenters. The van der Waals surface area contributed by atoms with Gasteiger partial charge >= 0.3 is 12.4 Å². The molecule has 0 atom stereocenters. The molecule has 2 heterocycles. The van der Waals surface area contributed by atoms with Gasteiger partial charge in [-0.2, -0.15) is 26.3 Å². The molecule has 1 aromatic heterocycles. The summed E-state index contributed by atoms with van der Waals surface area (Å²) in [6, 6.07) is 11.3. The van der Waals surface area contributed by atoms with E-state index in [1.54, 1.807) is 18.2 Å². The Bertz CT molecular complexity index is 1500. The fourth-order valence-corrected chi connectivity index (χ4v) is 3.84. The summed E-state index contributed by atoms with van der Waals surface area (Å²) in [5.41, 5.74) is -3.30. The normalized spacial score (nSPS) is 13.3. The Labute approximate surface area is 180 Å². The number of benzene rings is 3. The molecule has 4 aromatic rings. The first-order valence-corrected chi connectivity index (χ1v) is 9.46. The minimum absolute atomic E-state index is 0.0313. The second kappa shape index (κ2) is 6.77.